The number of hydrogen-bond acceptors (Lipinski definition) is 5. The summed E-state index contributed by atoms with van der Waals surface area (Å²) in [5.41, 5.74) is 0.886. The molecule has 4 rings (SSSR count). The molecule has 2 aromatic heterocycles. The highest BCUT2D eigenvalue weighted by Crippen LogP contribution is 2.28. The molecule has 1 N–H and O–H groups in total. The van der Waals surface area contributed by atoms with Crippen LogP contribution in [-0.2, 0) is 24.3 Å². The van der Waals surface area contributed by atoms with E-state index < -0.39 is 0 Å². The summed E-state index contributed by atoms with van der Waals surface area (Å²) in [5.74, 6) is 2.87. The summed E-state index contributed by atoms with van der Waals surface area (Å²) in [7, 11) is 0. The van der Waals surface area contributed by atoms with Gasteiger partial charge in [-0.05, 0) is 50.9 Å². The van der Waals surface area contributed by atoms with Crippen LogP contribution in [0.3, 0.4) is 0 Å². The number of likely N-dealkylation sites (tertiary alicyclic amines) is 1. The molecule has 0 atom stereocenters. The Bertz CT molecular complexity index is 751. The lowest BCUT2D eigenvalue weighted by atomic mass is 9.96. The topological polar surface area (TPSA) is 75.9 Å². The average molecular weight is 368 g/mol. The lowest BCUT2D eigenvalue weighted by Gasteiger charge is -2.31. The van der Waals surface area contributed by atoms with Crippen molar-refractivity contribution >= 4 is 5.91 Å². The first-order valence-corrected chi connectivity index (χ1v) is 10.1. The number of rotatable bonds is 5. The summed E-state index contributed by atoms with van der Waals surface area (Å²) in [6.45, 7) is 3.88. The predicted molar refractivity (Wildman–Crippen MR) is 102 cm³/mol. The van der Waals surface area contributed by atoms with Gasteiger partial charge in [0.1, 0.15) is 11.6 Å². The molecule has 27 heavy (non-hydrogen) atoms. The molecule has 144 valence electrons. The monoisotopic (exact) mass is 368 g/mol. The maximum atomic E-state index is 12.2. The first-order valence-electron chi connectivity index (χ1n) is 10.1. The van der Waals surface area contributed by atoms with Gasteiger partial charge in [0.2, 0.25) is 5.91 Å². The molecule has 7 heteroatoms. The minimum Gasteiger partial charge on any atom is -0.349 e. The van der Waals surface area contributed by atoms with Crippen LogP contribution in [0.15, 0.2) is 24.4 Å². The molecule has 0 spiro atoms. The smallest absolute Gasteiger partial charge is 0.234 e. The Morgan fingerprint density at radius 2 is 2.00 bits per heavy atom. The van der Waals surface area contributed by atoms with Crippen molar-refractivity contribution in [3.05, 3.63) is 41.7 Å². The van der Waals surface area contributed by atoms with Gasteiger partial charge in [0.15, 0.2) is 0 Å². The first kappa shape index (κ1) is 18.1. The Labute approximate surface area is 160 Å². The lowest BCUT2D eigenvalue weighted by molar-refractivity contribution is -0.122. The molecule has 4 heterocycles. The van der Waals surface area contributed by atoms with E-state index in [1.54, 1.807) is 6.20 Å². The maximum absolute atomic E-state index is 12.2. The SMILES string of the molecule is O=C(CN1CCC(c2nnc3n2CCCCC3)CC1)NCc1ccccn1. The Kier molecular flexibility index (Phi) is 5.77. The number of fused-ring (bicyclic) bond motifs is 1. The fraction of sp³-hybridized carbons (Fsp3) is 0.600. The maximum Gasteiger partial charge on any atom is 0.234 e. The van der Waals surface area contributed by atoms with Gasteiger partial charge < -0.3 is 9.88 Å². The van der Waals surface area contributed by atoms with Crippen molar-refractivity contribution in [2.24, 2.45) is 0 Å². The Hall–Kier alpha value is -2.28. The van der Waals surface area contributed by atoms with Crippen molar-refractivity contribution in [3.63, 3.8) is 0 Å². The van der Waals surface area contributed by atoms with Crippen LogP contribution >= 0.6 is 0 Å². The van der Waals surface area contributed by atoms with Gasteiger partial charge in [-0.15, -0.1) is 10.2 Å². The first-order chi connectivity index (χ1) is 13.3. The molecule has 2 aromatic rings. The van der Waals surface area contributed by atoms with Crippen LogP contribution in [0.5, 0.6) is 0 Å². The van der Waals surface area contributed by atoms with E-state index in [9.17, 15) is 4.79 Å². The van der Waals surface area contributed by atoms with Crippen LogP contribution in [0.1, 0.15) is 55.4 Å². The van der Waals surface area contributed by atoms with E-state index in [0.29, 0.717) is 19.0 Å². The lowest BCUT2D eigenvalue weighted by Crippen LogP contribution is -2.41. The van der Waals surface area contributed by atoms with Crippen molar-refractivity contribution in [1.82, 2.24) is 30.0 Å². The molecule has 0 aromatic carbocycles. The van der Waals surface area contributed by atoms with Gasteiger partial charge in [-0.1, -0.05) is 12.5 Å². The van der Waals surface area contributed by atoms with Gasteiger partial charge in [0.25, 0.3) is 0 Å². The van der Waals surface area contributed by atoms with Gasteiger partial charge in [0, 0.05) is 25.1 Å². The number of carbonyl (C=O) groups is 1. The highest BCUT2D eigenvalue weighted by molar-refractivity contribution is 5.77. The van der Waals surface area contributed by atoms with E-state index in [1.807, 2.05) is 18.2 Å². The zero-order chi connectivity index (χ0) is 18.5. The molecular weight excluding hydrogens is 340 g/mol. The van der Waals surface area contributed by atoms with Gasteiger partial charge >= 0.3 is 0 Å². The predicted octanol–water partition coefficient (Wildman–Crippen LogP) is 1.90. The molecule has 0 aliphatic carbocycles. The van der Waals surface area contributed by atoms with Gasteiger partial charge in [-0.2, -0.15) is 0 Å². The van der Waals surface area contributed by atoms with Gasteiger partial charge in [-0.25, -0.2) is 0 Å². The number of hydrogen-bond donors (Lipinski definition) is 1. The molecule has 1 fully saturated rings. The molecule has 0 bridgehead atoms. The molecule has 0 saturated carbocycles. The third-order valence-electron chi connectivity index (χ3n) is 5.65. The zero-order valence-electron chi connectivity index (χ0n) is 15.8. The Morgan fingerprint density at radius 1 is 1.11 bits per heavy atom. The Morgan fingerprint density at radius 3 is 2.81 bits per heavy atom. The van der Waals surface area contributed by atoms with E-state index in [2.05, 4.69) is 30.0 Å². The summed E-state index contributed by atoms with van der Waals surface area (Å²) < 4.78 is 2.37. The molecule has 7 nitrogen and oxygen atoms in total. The van der Waals surface area contributed by atoms with Crippen molar-refractivity contribution in [3.8, 4) is 0 Å². The highest BCUT2D eigenvalue weighted by atomic mass is 16.2. The zero-order valence-corrected chi connectivity index (χ0v) is 15.8. The van der Waals surface area contributed by atoms with E-state index >= 15 is 0 Å². The van der Waals surface area contributed by atoms with E-state index in [0.717, 1.165) is 44.6 Å². The molecule has 0 unspecified atom stereocenters. The summed E-state index contributed by atoms with van der Waals surface area (Å²) in [5, 5.41) is 11.9. The fourth-order valence-electron chi connectivity index (χ4n) is 4.11. The fourth-order valence-corrected chi connectivity index (χ4v) is 4.11. The molecule has 2 aliphatic rings. The average Bonchev–Trinajstić information content (AvgIpc) is 2.96. The third kappa shape index (κ3) is 4.53. The van der Waals surface area contributed by atoms with Crippen molar-refractivity contribution in [1.29, 1.82) is 0 Å². The summed E-state index contributed by atoms with van der Waals surface area (Å²) >= 11 is 0. The second-order valence-corrected chi connectivity index (χ2v) is 7.58. The van der Waals surface area contributed by atoms with Crippen molar-refractivity contribution in [2.75, 3.05) is 19.6 Å². The number of aryl methyl sites for hydroxylation is 1. The molecule has 1 saturated heterocycles. The Balaban J connectivity index is 1.25. The number of piperidine rings is 1. The van der Waals surface area contributed by atoms with Gasteiger partial charge in [0.05, 0.1) is 18.8 Å². The third-order valence-corrected chi connectivity index (χ3v) is 5.65. The largest absolute Gasteiger partial charge is 0.349 e. The number of carbonyl (C=O) groups excluding carboxylic acids is 1. The van der Waals surface area contributed by atoms with Crippen molar-refractivity contribution < 1.29 is 4.79 Å². The number of nitrogens with one attached hydrogen (secondary N) is 1. The van der Waals surface area contributed by atoms with Crippen LogP contribution in [0.25, 0.3) is 0 Å². The number of aromatic nitrogens is 4. The van der Waals surface area contributed by atoms with Crippen molar-refractivity contribution in [2.45, 2.75) is 57.5 Å². The van der Waals surface area contributed by atoms with Gasteiger partial charge in [-0.3, -0.25) is 14.7 Å². The molecular formula is C20H28N6O. The molecule has 0 radical (unpaired) electrons. The van der Waals surface area contributed by atoms with Crippen LogP contribution in [-0.4, -0.2) is 50.2 Å². The van der Waals surface area contributed by atoms with Crippen LogP contribution in [0, 0.1) is 0 Å². The standard InChI is InChI=1S/C20H28N6O/c27-19(22-14-17-6-3-4-10-21-17)15-25-12-8-16(9-13-25)20-24-23-18-7-2-1-5-11-26(18)20/h3-4,6,10,16H,1-2,5,7-9,11-15H2,(H,22,27). The highest BCUT2D eigenvalue weighted by Gasteiger charge is 2.27. The second kappa shape index (κ2) is 8.61. The normalized spacial score (nSPS) is 18.7. The van der Waals surface area contributed by atoms with E-state index in [4.69, 9.17) is 0 Å². The number of amides is 1. The molecule has 1 amide bonds. The summed E-state index contributed by atoms with van der Waals surface area (Å²) in [6, 6.07) is 5.74. The minimum atomic E-state index is 0.0652. The van der Waals surface area contributed by atoms with Crippen LogP contribution in [0.4, 0.5) is 0 Å². The van der Waals surface area contributed by atoms with Crippen LogP contribution < -0.4 is 5.32 Å². The molecule has 2 aliphatic heterocycles. The number of nitrogens with zero attached hydrogens (tertiary/aromatic N) is 5. The van der Waals surface area contributed by atoms with Crippen LogP contribution in [0.2, 0.25) is 0 Å². The second-order valence-electron chi connectivity index (χ2n) is 7.58. The minimum absolute atomic E-state index is 0.0652. The summed E-state index contributed by atoms with van der Waals surface area (Å²) in [4.78, 5) is 18.7. The van der Waals surface area contributed by atoms with E-state index in [1.165, 1.54) is 30.9 Å². The summed E-state index contributed by atoms with van der Waals surface area (Å²) in [6.07, 6.45) is 8.64. The number of pyridine rings is 1. The quantitative estimate of drug-likeness (QED) is 0.872. The van der Waals surface area contributed by atoms with E-state index in [-0.39, 0.29) is 5.91 Å².